The quantitative estimate of drug-likeness (QED) is 0.719. The number of carbonyl (C=O) groups excluding carboxylic acids is 2. The smallest absolute Gasteiger partial charge is 0.239 e. The fourth-order valence-electron chi connectivity index (χ4n) is 1.94. The van der Waals surface area contributed by atoms with Gasteiger partial charge >= 0.3 is 0 Å². The minimum Gasteiger partial charge on any atom is -0.345 e. The Balaban J connectivity index is 2.35. The van der Waals surface area contributed by atoms with Gasteiger partial charge < -0.3 is 9.80 Å². The summed E-state index contributed by atoms with van der Waals surface area (Å²) in [6, 6.07) is 0.130. The Morgan fingerprint density at radius 1 is 1.28 bits per heavy atom. The third-order valence-electron chi connectivity index (χ3n) is 3.43. The van der Waals surface area contributed by atoms with Crippen molar-refractivity contribution in [1.29, 1.82) is 0 Å². The van der Waals surface area contributed by atoms with Crippen LogP contribution in [0, 0.1) is 0 Å². The van der Waals surface area contributed by atoms with Gasteiger partial charge in [-0.2, -0.15) is 0 Å². The molecular formula is C13H25N3O2. The third kappa shape index (κ3) is 3.98. The molecule has 5 heteroatoms. The summed E-state index contributed by atoms with van der Waals surface area (Å²) < 4.78 is 0. The van der Waals surface area contributed by atoms with Crippen LogP contribution in [0.15, 0.2) is 0 Å². The Hall–Kier alpha value is -1.10. The maximum absolute atomic E-state index is 12.0. The molecule has 18 heavy (non-hydrogen) atoms. The first kappa shape index (κ1) is 15.0. The number of nitrogens with one attached hydrogen (secondary N) is 1. The van der Waals surface area contributed by atoms with Crippen molar-refractivity contribution in [1.82, 2.24) is 15.1 Å². The highest BCUT2D eigenvalue weighted by molar-refractivity contribution is 5.83. The molecule has 0 saturated heterocycles. The van der Waals surface area contributed by atoms with Gasteiger partial charge in [0.05, 0.1) is 12.6 Å². The largest absolute Gasteiger partial charge is 0.345 e. The van der Waals surface area contributed by atoms with E-state index in [9.17, 15) is 9.59 Å². The van der Waals surface area contributed by atoms with Crippen molar-refractivity contribution in [3.8, 4) is 0 Å². The van der Waals surface area contributed by atoms with Gasteiger partial charge in [0, 0.05) is 26.2 Å². The van der Waals surface area contributed by atoms with Crippen molar-refractivity contribution in [2.75, 3.05) is 26.7 Å². The van der Waals surface area contributed by atoms with Crippen molar-refractivity contribution < 1.29 is 9.59 Å². The number of hydrogen-bond donors (Lipinski definition) is 1. The molecule has 1 atom stereocenters. The van der Waals surface area contributed by atoms with Gasteiger partial charge in [0.15, 0.2) is 0 Å². The highest BCUT2D eigenvalue weighted by Crippen LogP contribution is 2.26. The van der Waals surface area contributed by atoms with E-state index < -0.39 is 0 Å². The summed E-state index contributed by atoms with van der Waals surface area (Å²) in [7, 11) is 1.77. The predicted octanol–water partition coefficient (Wildman–Crippen LogP) is 0.454. The Bertz CT molecular complexity index is 303. The second-order valence-electron chi connectivity index (χ2n) is 4.87. The van der Waals surface area contributed by atoms with E-state index in [2.05, 4.69) is 5.32 Å². The van der Waals surface area contributed by atoms with Crippen molar-refractivity contribution in [3.63, 3.8) is 0 Å². The molecule has 1 saturated carbocycles. The van der Waals surface area contributed by atoms with E-state index in [1.807, 2.05) is 18.7 Å². The summed E-state index contributed by atoms with van der Waals surface area (Å²) >= 11 is 0. The van der Waals surface area contributed by atoms with Gasteiger partial charge in [-0.15, -0.1) is 0 Å². The van der Waals surface area contributed by atoms with E-state index in [1.54, 1.807) is 18.9 Å². The highest BCUT2D eigenvalue weighted by Gasteiger charge is 2.31. The van der Waals surface area contributed by atoms with Crippen molar-refractivity contribution >= 4 is 11.8 Å². The van der Waals surface area contributed by atoms with Crippen LogP contribution in [0.25, 0.3) is 0 Å². The van der Waals surface area contributed by atoms with Crippen molar-refractivity contribution in [2.45, 2.75) is 45.7 Å². The lowest BCUT2D eigenvalue weighted by Gasteiger charge is -2.23. The Morgan fingerprint density at radius 2 is 1.89 bits per heavy atom. The molecule has 0 spiro atoms. The second kappa shape index (κ2) is 6.73. The summed E-state index contributed by atoms with van der Waals surface area (Å²) in [6.45, 7) is 7.41. The van der Waals surface area contributed by atoms with Crippen LogP contribution >= 0.6 is 0 Å². The summed E-state index contributed by atoms with van der Waals surface area (Å²) in [6.07, 6.45) is 2.24. The zero-order valence-corrected chi connectivity index (χ0v) is 11.9. The highest BCUT2D eigenvalue weighted by atomic mass is 16.2. The summed E-state index contributed by atoms with van der Waals surface area (Å²) in [5, 5.41) is 3.01. The van der Waals surface area contributed by atoms with Gasteiger partial charge in [0.2, 0.25) is 11.8 Å². The summed E-state index contributed by atoms with van der Waals surface area (Å²) in [5.41, 5.74) is 0. The Morgan fingerprint density at radius 3 is 2.33 bits per heavy atom. The third-order valence-corrected chi connectivity index (χ3v) is 3.43. The lowest BCUT2D eigenvalue weighted by Crippen LogP contribution is -2.47. The molecule has 1 aliphatic rings. The first-order chi connectivity index (χ1) is 8.51. The number of hydrogen-bond acceptors (Lipinski definition) is 3. The lowest BCUT2D eigenvalue weighted by molar-refractivity contribution is -0.133. The molecule has 1 unspecified atom stereocenters. The van der Waals surface area contributed by atoms with Crippen LogP contribution in [0.2, 0.25) is 0 Å². The van der Waals surface area contributed by atoms with Gasteiger partial charge in [-0.25, -0.2) is 0 Å². The van der Waals surface area contributed by atoms with Gasteiger partial charge in [0.25, 0.3) is 0 Å². The average molecular weight is 255 g/mol. The molecular weight excluding hydrogens is 230 g/mol. The molecule has 0 aromatic carbocycles. The average Bonchev–Trinajstić information content (AvgIpc) is 3.19. The first-order valence-corrected chi connectivity index (χ1v) is 6.79. The minimum absolute atomic E-state index is 0.0276. The van der Waals surface area contributed by atoms with E-state index in [1.165, 1.54) is 0 Å². The molecule has 0 radical (unpaired) electrons. The monoisotopic (exact) mass is 255 g/mol. The number of nitrogens with zero attached hydrogens (tertiary/aromatic N) is 2. The SMILES string of the molecule is CCN(C)C(=O)C(C)NCC(=O)N(CC)C1CC1. The van der Waals surface area contributed by atoms with Gasteiger partial charge in [-0.05, 0) is 33.6 Å². The molecule has 0 bridgehead atoms. The molecule has 104 valence electrons. The van der Waals surface area contributed by atoms with E-state index in [4.69, 9.17) is 0 Å². The minimum atomic E-state index is -0.309. The maximum Gasteiger partial charge on any atom is 0.239 e. The van der Waals surface area contributed by atoms with Crippen LogP contribution in [0.3, 0.4) is 0 Å². The molecule has 1 fully saturated rings. The molecule has 1 aliphatic carbocycles. The number of rotatable bonds is 7. The van der Waals surface area contributed by atoms with Crippen LogP contribution < -0.4 is 5.32 Å². The van der Waals surface area contributed by atoms with Crippen LogP contribution in [-0.4, -0.2) is 60.4 Å². The zero-order chi connectivity index (χ0) is 13.7. The number of amides is 2. The normalized spacial score (nSPS) is 16.2. The molecule has 5 nitrogen and oxygen atoms in total. The van der Waals surface area contributed by atoms with Crippen LogP contribution in [0.4, 0.5) is 0 Å². The molecule has 2 amide bonds. The number of carbonyl (C=O) groups is 2. The summed E-state index contributed by atoms with van der Waals surface area (Å²) in [4.78, 5) is 27.3. The fourth-order valence-corrected chi connectivity index (χ4v) is 1.94. The van der Waals surface area contributed by atoms with Crippen LogP contribution in [0.1, 0.15) is 33.6 Å². The van der Waals surface area contributed by atoms with E-state index in [0.29, 0.717) is 12.6 Å². The summed E-state index contributed by atoms with van der Waals surface area (Å²) in [5.74, 6) is 0.124. The fraction of sp³-hybridized carbons (Fsp3) is 0.846. The topological polar surface area (TPSA) is 52.7 Å². The molecule has 1 N–H and O–H groups in total. The predicted molar refractivity (Wildman–Crippen MR) is 71.2 cm³/mol. The Kier molecular flexibility index (Phi) is 5.59. The number of likely N-dealkylation sites (N-methyl/N-ethyl adjacent to an activating group) is 2. The van der Waals surface area contributed by atoms with E-state index in [-0.39, 0.29) is 24.4 Å². The van der Waals surface area contributed by atoms with E-state index >= 15 is 0 Å². The maximum atomic E-state index is 12.0. The van der Waals surface area contributed by atoms with Crippen LogP contribution in [0.5, 0.6) is 0 Å². The van der Waals surface area contributed by atoms with Crippen molar-refractivity contribution in [2.24, 2.45) is 0 Å². The second-order valence-corrected chi connectivity index (χ2v) is 4.87. The standard InChI is InChI=1S/C13H25N3O2/c1-5-15(4)13(18)10(3)14-9-12(17)16(6-2)11-7-8-11/h10-11,14H,5-9H2,1-4H3. The van der Waals surface area contributed by atoms with Gasteiger partial charge in [-0.1, -0.05) is 0 Å². The van der Waals surface area contributed by atoms with Gasteiger partial charge in [-0.3, -0.25) is 14.9 Å². The lowest BCUT2D eigenvalue weighted by atomic mass is 10.3. The van der Waals surface area contributed by atoms with E-state index in [0.717, 1.165) is 19.4 Å². The molecule has 0 heterocycles. The van der Waals surface area contributed by atoms with Crippen LogP contribution in [-0.2, 0) is 9.59 Å². The molecule has 1 rings (SSSR count). The van der Waals surface area contributed by atoms with Gasteiger partial charge in [0.1, 0.15) is 0 Å². The molecule has 0 aromatic rings. The first-order valence-electron chi connectivity index (χ1n) is 6.79. The Labute approximate surface area is 110 Å². The molecule has 0 aromatic heterocycles. The zero-order valence-electron chi connectivity index (χ0n) is 11.9. The molecule has 0 aliphatic heterocycles. The van der Waals surface area contributed by atoms with Crippen molar-refractivity contribution in [3.05, 3.63) is 0 Å².